The molecule has 27 heavy (non-hydrogen) atoms. The quantitative estimate of drug-likeness (QED) is 0.680. The number of nitrogens with zero attached hydrogens (tertiary/aromatic N) is 3. The van der Waals surface area contributed by atoms with Crippen molar-refractivity contribution in [3.8, 4) is 0 Å². The second-order valence-electron chi connectivity index (χ2n) is 5.89. The Morgan fingerprint density at radius 2 is 1.89 bits per heavy atom. The van der Waals surface area contributed by atoms with Crippen LogP contribution in [0.25, 0.3) is 0 Å². The number of anilines is 1. The molecule has 0 bridgehead atoms. The zero-order valence-electron chi connectivity index (χ0n) is 15.2. The van der Waals surface area contributed by atoms with Gasteiger partial charge in [0, 0.05) is 24.0 Å². The number of carbonyl (C=O) groups excluding carboxylic acids is 2. The van der Waals surface area contributed by atoms with E-state index in [0.717, 1.165) is 11.3 Å². The van der Waals surface area contributed by atoms with E-state index in [9.17, 15) is 9.59 Å². The third kappa shape index (κ3) is 4.38. The Morgan fingerprint density at radius 3 is 2.56 bits per heavy atom. The van der Waals surface area contributed by atoms with Gasteiger partial charge < -0.3 is 14.6 Å². The first-order valence-corrected chi connectivity index (χ1v) is 8.58. The highest BCUT2D eigenvalue weighted by molar-refractivity contribution is 6.03. The van der Waals surface area contributed by atoms with E-state index < -0.39 is 5.97 Å². The maximum Gasteiger partial charge on any atom is 0.358 e. The lowest BCUT2D eigenvalue weighted by Gasteiger charge is -2.08. The van der Waals surface area contributed by atoms with Crippen molar-refractivity contribution < 1.29 is 14.3 Å². The molecule has 0 fully saturated rings. The number of esters is 1. The predicted octanol–water partition coefficient (Wildman–Crippen LogP) is 3.06. The van der Waals surface area contributed by atoms with Crippen molar-refractivity contribution in [1.82, 2.24) is 14.5 Å². The van der Waals surface area contributed by atoms with Gasteiger partial charge >= 0.3 is 5.97 Å². The Hall–Kier alpha value is -3.48. The Bertz CT molecular complexity index is 934. The van der Waals surface area contributed by atoms with E-state index in [-0.39, 0.29) is 5.91 Å². The molecule has 0 unspecified atom stereocenters. The molecule has 0 saturated carbocycles. The van der Waals surface area contributed by atoms with E-state index in [1.54, 1.807) is 43.7 Å². The van der Waals surface area contributed by atoms with Crippen molar-refractivity contribution >= 4 is 17.7 Å². The number of pyridine rings is 1. The maximum atomic E-state index is 12.3. The number of rotatable bonds is 6. The summed E-state index contributed by atoms with van der Waals surface area (Å²) in [6, 6.07) is 12.6. The van der Waals surface area contributed by atoms with Gasteiger partial charge in [0.1, 0.15) is 5.82 Å². The standard InChI is InChI=1S/C20H20N4O3/c1-3-27-20(26)18-14(2)24(13-22-18)12-15-7-9-16(10-8-15)19(25)23-17-6-4-5-11-21-17/h4-11,13H,3,12H2,1-2H3,(H,21,23,25). The van der Waals surface area contributed by atoms with E-state index in [4.69, 9.17) is 4.74 Å². The van der Waals surface area contributed by atoms with Crippen LogP contribution in [0.2, 0.25) is 0 Å². The minimum atomic E-state index is -0.421. The number of hydrogen-bond acceptors (Lipinski definition) is 5. The molecular weight excluding hydrogens is 344 g/mol. The van der Waals surface area contributed by atoms with Gasteiger partial charge in [0.15, 0.2) is 5.69 Å². The number of benzene rings is 1. The summed E-state index contributed by atoms with van der Waals surface area (Å²) in [5.74, 6) is -0.133. The van der Waals surface area contributed by atoms with Crippen molar-refractivity contribution in [3.05, 3.63) is 77.5 Å². The van der Waals surface area contributed by atoms with Crippen molar-refractivity contribution in [2.75, 3.05) is 11.9 Å². The van der Waals surface area contributed by atoms with Crippen LogP contribution < -0.4 is 5.32 Å². The normalized spacial score (nSPS) is 10.4. The van der Waals surface area contributed by atoms with Crippen LogP contribution in [0.3, 0.4) is 0 Å². The van der Waals surface area contributed by atoms with Gasteiger partial charge in [0.05, 0.1) is 12.9 Å². The van der Waals surface area contributed by atoms with Crippen LogP contribution >= 0.6 is 0 Å². The number of imidazole rings is 1. The molecule has 138 valence electrons. The highest BCUT2D eigenvalue weighted by atomic mass is 16.5. The third-order valence-corrected chi connectivity index (χ3v) is 4.04. The minimum Gasteiger partial charge on any atom is -0.461 e. The number of carbonyl (C=O) groups is 2. The Morgan fingerprint density at radius 1 is 1.11 bits per heavy atom. The molecule has 2 aromatic heterocycles. The van der Waals surface area contributed by atoms with Crippen LogP contribution in [0.5, 0.6) is 0 Å². The third-order valence-electron chi connectivity index (χ3n) is 4.04. The molecule has 0 atom stereocenters. The van der Waals surface area contributed by atoms with E-state index in [0.29, 0.717) is 30.2 Å². The summed E-state index contributed by atoms with van der Waals surface area (Å²) in [6.45, 7) is 4.44. The molecule has 3 rings (SSSR count). The van der Waals surface area contributed by atoms with E-state index in [1.807, 2.05) is 29.7 Å². The molecule has 2 heterocycles. The summed E-state index contributed by atoms with van der Waals surface area (Å²) in [5.41, 5.74) is 2.59. The van der Waals surface area contributed by atoms with Gasteiger partial charge in [-0.05, 0) is 43.7 Å². The summed E-state index contributed by atoms with van der Waals surface area (Å²) in [5, 5.41) is 2.75. The Balaban J connectivity index is 1.67. The number of nitrogens with one attached hydrogen (secondary N) is 1. The first kappa shape index (κ1) is 18.3. The van der Waals surface area contributed by atoms with Gasteiger partial charge in [-0.25, -0.2) is 14.8 Å². The number of amides is 1. The summed E-state index contributed by atoms with van der Waals surface area (Å²) in [6.07, 6.45) is 3.24. The number of ether oxygens (including phenoxy) is 1. The lowest BCUT2D eigenvalue weighted by molar-refractivity contribution is 0.0519. The maximum absolute atomic E-state index is 12.3. The molecule has 0 aliphatic rings. The fraction of sp³-hybridized carbons (Fsp3) is 0.200. The lowest BCUT2D eigenvalue weighted by Crippen LogP contribution is -2.13. The van der Waals surface area contributed by atoms with Crippen LogP contribution in [0.1, 0.15) is 39.0 Å². The average molecular weight is 364 g/mol. The largest absolute Gasteiger partial charge is 0.461 e. The molecule has 0 spiro atoms. The second-order valence-corrected chi connectivity index (χ2v) is 5.89. The summed E-state index contributed by atoms with van der Waals surface area (Å²) < 4.78 is 6.87. The summed E-state index contributed by atoms with van der Waals surface area (Å²) >= 11 is 0. The molecule has 0 saturated heterocycles. The Kier molecular flexibility index (Phi) is 5.61. The second kappa shape index (κ2) is 8.27. The van der Waals surface area contributed by atoms with Crippen LogP contribution in [0.4, 0.5) is 5.82 Å². The van der Waals surface area contributed by atoms with Crippen LogP contribution in [0, 0.1) is 6.92 Å². The van der Waals surface area contributed by atoms with Crippen LogP contribution in [-0.2, 0) is 11.3 Å². The fourth-order valence-electron chi connectivity index (χ4n) is 2.59. The molecule has 1 amide bonds. The van der Waals surface area contributed by atoms with Gasteiger partial charge in [0.25, 0.3) is 5.91 Å². The first-order chi connectivity index (χ1) is 13.1. The van der Waals surface area contributed by atoms with E-state index in [1.165, 1.54) is 0 Å². The number of aromatic nitrogens is 3. The Labute approximate surface area is 157 Å². The molecule has 3 aromatic rings. The number of hydrogen-bond donors (Lipinski definition) is 1. The highest BCUT2D eigenvalue weighted by Gasteiger charge is 2.16. The van der Waals surface area contributed by atoms with Gasteiger partial charge in [-0.15, -0.1) is 0 Å². The van der Waals surface area contributed by atoms with Gasteiger partial charge in [-0.2, -0.15) is 0 Å². The zero-order valence-corrected chi connectivity index (χ0v) is 15.2. The minimum absolute atomic E-state index is 0.219. The van der Waals surface area contributed by atoms with Crippen molar-refractivity contribution in [2.24, 2.45) is 0 Å². The summed E-state index contributed by atoms with van der Waals surface area (Å²) in [4.78, 5) is 32.3. The topological polar surface area (TPSA) is 86.1 Å². The molecule has 1 N–H and O–H groups in total. The predicted molar refractivity (Wildman–Crippen MR) is 101 cm³/mol. The zero-order chi connectivity index (χ0) is 19.2. The molecule has 0 aliphatic heterocycles. The molecule has 0 aliphatic carbocycles. The molecule has 0 radical (unpaired) electrons. The first-order valence-electron chi connectivity index (χ1n) is 8.58. The van der Waals surface area contributed by atoms with Crippen molar-refractivity contribution in [3.63, 3.8) is 0 Å². The van der Waals surface area contributed by atoms with E-state index >= 15 is 0 Å². The fourth-order valence-corrected chi connectivity index (χ4v) is 2.59. The molecular formula is C20H20N4O3. The lowest BCUT2D eigenvalue weighted by atomic mass is 10.1. The van der Waals surface area contributed by atoms with Gasteiger partial charge in [-0.1, -0.05) is 18.2 Å². The molecule has 7 nitrogen and oxygen atoms in total. The molecule has 1 aromatic carbocycles. The SMILES string of the molecule is CCOC(=O)c1ncn(Cc2ccc(C(=O)Nc3ccccn3)cc2)c1C. The van der Waals surface area contributed by atoms with Crippen molar-refractivity contribution in [2.45, 2.75) is 20.4 Å². The van der Waals surface area contributed by atoms with Crippen LogP contribution in [0.15, 0.2) is 55.0 Å². The van der Waals surface area contributed by atoms with E-state index in [2.05, 4.69) is 15.3 Å². The smallest absolute Gasteiger partial charge is 0.358 e. The monoisotopic (exact) mass is 364 g/mol. The van der Waals surface area contributed by atoms with Gasteiger partial charge in [-0.3, -0.25) is 4.79 Å². The van der Waals surface area contributed by atoms with Crippen LogP contribution in [-0.4, -0.2) is 33.0 Å². The molecule has 7 heteroatoms. The average Bonchev–Trinajstić information content (AvgIpc) is 3.04. The van der Waals surface area contributed by atoms with Crippen molar-refractivity contribution in [1.29, 1.82) is 0 Å². The highest BCUT2D eigenvalue weighted by Crippen LogP contribution is 2.13. The summed E-state index contributed by atoms with van der Waals surface area (Å²) in [7, 11) is 0. The van der Waals surface area contributed by atoms with Gasteiger partial charge in [0.2, 0.25) is 0 Å².